The summed E-state index contributed by atoms with van der Waals surface area (Å²) in [6.07, 6.45) is 6.73. The molecule has 1 aliphatic rings. The minimum atomic E-state index is -0.0505. The summed E-state index contributed by atoms with van der Waals surface area (Å²) in [6, 6.07) is -0.0505. The molecule has 4 heteroatoms. The second kappa shape index (κ2) is 4.05. The van der Waals surface area contributed by atoms with E-state index in [2.05, 4.69) is 4.98 Å². The fourth-order valence-electron chi connectivity index (χ4n) is 1.61. The van der Waals surface area contributed by atoms with Crippen LogP contribution in [-0.2, 0) is 0 Å². The molecule has 1 aromatic heterocycles. The Kier molecular flexibility index (Phi) is 2.96. The maximum absolute atomic E-state index is 6.04. The van der Waals surface area contributed by atoms with Gasteiger partial charge in [-0.1, -0.05) is 36.0 Å². The fraction of sp³-hybridized carbons (Fsp3) is 0.500. The molecule has 14 heavy (non-hydrogen) atoms. The SMILES string of the molecule is N[C@H](CC1CC1)c1c(Cl)cncc1Cl. The van der Waals surface area contributed by atoms with Crippen LogP contribution in [0.4, 0.5) is 0 Å². The molecule has 0 unspecified atom stereocenters. The third-order valence-electron chi connectivity index (χ3n) is 2.55. The maximum Gasteiger partial charge on any atom is 0.0651 e. The predicted octanol–water partition coefficient (Wildman–Crippen LogP) is 3.19. The first kappa shape index (κ1) is 10.2. The second-order valence-corrected chi connectivity index (χ2v) is 4.62. The van der Waals surface area contributed by atoms with Gasteiger partial charge in [0.1, 0.15) is 0 Å². The standard InChI is InChI=1S/C10H12Cl2N2/c11-7-4-14-5-8(12)10(7)9(13)3-6-1-2-6/h4-6,9H,1-3,13H2/t9-/m1/s1. The van der Waals surface area contributed by atoms with Crippen LogP contribution in [0.5, 0.6) is 0 Å². The second-order valence-electron chi connectivity index (χ2n) is 3.80. The van der Waals surface area contributed by atoms with Crippen molar-refractivity contribution in [1.29, 1.82) is 0 Å². The van der Waals surface area contributed by atoms with Gasteiger partial charge in [0, 0.05) is 24.0 Å². The number of aromatic nitrogens is 1. The molecule has 1 heterocycles. The van der Waals surface area contributed by atoms with Crippen molar-refractivity contribution in [1.82, 2.24) is 4.98 Å². The topological polar surface area (TPSA) is 38.9 Å². The molecule has 1 aliphatic carbocycles. The van der Waals surface area contributed by atoms with Gasteiger partial charge in [0.25, 0.3) is 0 Å². The summed E-state index contributed by atoms with van der Waals surface area (Å²) in [6.45, 7) is 0. The van der Waals surface area contributed by atoms with Gasteiger partial charge in [-0.05, 0) is 12.3 Å². The van der Waals surface area contributed by atoms with E-state index in [-0.39, 0.29) is 6.04 Å². The summed E-state index contributed by atoms with van der Waals surface area (Å²) in [4.78, 5) is 3.90. The molecule has 76 valence electrons. The zero-order chi connectivity index (χ0) is 10.1. The smallest absolute Gasteiger partial charge is 0.0651 e. The quantitative estimate of drug-likeness (QED) is 0.867. The number of rotatable bonds is 3. The largest absolute Gasteiger partial charge is 0.324 e. The van der Waals surface area contributed by atoms with E-state index in [0.29, 0.717) is 10.0 Å². The summed E-state index contributed by atoms with van der Waals surface area (Å²) in [5.74, 6) is 0.769. The number of hydrogen-bond donors (Lipinski definition) is 1. The minimum Gasteiger partial charge on any atom is -0.324 e. The van der Waals surface area contributed by atoms with Gasteiger partial charge in [0.15, 0.2) is 0 Å². The first-order valence-electron chi connectivity index (χ1n) is 4.73. The Morgan fingerprint density at radius 3 is 2.43 bits per heavy atom. The van der Waals surface area contributed by atoms with Gasteiger partial charge in [-0.2, -0.15) is 0 Å². The highest BCUT2D eigenvalue weighted by Crippen LogP contribution is 2.39. The van der Waals surface area contributed by atoms with Crippen LogP contribution in [0.3, 0.4) is 0 Å². The number of halogens is 2. The van der Waals surface area contributed by atoms with Crippen molar-refractivity contribution >= 4 is 23.2 Å². The van der Waals surface area contributed by atoms with Gasteiger partial charge in [-0.15, -0.1) is 0 Å². The molecule has 0 amide bonds. The van der Waals surface area contributed by atoms with Crippen molar-refractivity contribution in [2.45, 2.75) is 25.3 Å². The van der Waals surface area contributed by atoms with Crippen LogP contribution in [0.1, 0.15) is 30.9 Å². The first-order valence-corrected chi connectivity index (χ1v) is 5.48. The zero-order valence-electron chi connectivity index (χ0n) is 7.71. The molecule has 2 nitrogen and oxygen atoms in total. The van der Waals surface area contributed by atoms with Crippen LogP contribution in [0.25, 0.3) is 0 Å². The van der Waals surface area contributed by atoms with E-state index in [4.69, 9.17) is 28.9 Å². The number of pyridine rings is 1. The minimum absolute atomic E-state index is 0.0505. The van der Waals surface area contributed by atoms with Gasteiger partial charge in [-0.25, -0.2) is 0 Å². The van der Waals surface area contributed by atoms with Crippen molar-refractivity contribution in [3.63, 3.8) is 0 Å². The maximum atomic E-state index is 6.04. The molecule has 1 atom stereocenters. The average Bonchev–Trinajstić information content (AvgIpc) is 2.87. The van der Waals surface area contributed by atoms with Gasteiger partial charge in [0.2, 0.25) is 0 Å². The third-order valence-corrected chi connectivity index (χ3v) is 3.15. The first-order chi connectivity index (χ1) is 6.68. The third kappa shape index (κ3) is 2.19. The predicted molar refractivity (Wildman–Crippen MR) is 58.5 cm³/mol. The Labute approximate surface area is 93.4 Å². The lowest BCUT2D eigenvalue weighted by molar-refractivity contribution is 0.597. The van der Waals surface area contributed by atoms with E-state index in [9.17, 15) is 0 Å². The normalized spacial score (nSPS) is 18.2. The van der Waals surface area contributed by atoms with E-state index in [1.807, 2.05) is 0 Å². The molecule has 0 spiro atoms. The highest BCUT2D eigenvalue weighted by molar-refractivity contribution is 6.35. The van der Waals surface area contributed by atoms with Crippen LogP contribution < -0.4 is 5.73 Å². The molecular weight excluding hydrogens is 219 g/mol. The molecule has 0 radical (unpaired) electrons. The summed E-state index contributed by atoms with van der Waals surface area (Å²) < 4.78 is 0. The van der Waals surface area contributed by atoms with Gasteiger partial charge in [-0.3, -0.25) is 4.98 Å². The molecule has 0 saturated heterocycles. The van der Waals surface area contributed by atoms with E-state index in [1.54, 1.807) is 12.4 Å². The Morgan fingerprint density at radius 2 is 1.93 bits per heavy atom. The Hall–Kier alpha value is -0.310. The molecule has 1 aromatic rings. The molecule has 1 fully saturated rings. The van der Waals surface area contributed by atoms with Gasteiger partial charge < -0.3 is 5.73 Å². The van der Waals surface area contributed by atoms with Crippen molar-refractivity contribution < 1.29 is 0 Å². The van der Waals surface area contributed by atoms with E-state index in [0.717, 1.165) is 17.9 Å². The van der Waals surface area contributed by atoms with E-state index < -0.39 is 0 Å². The molecule has 2 N–H and O–H groups in total. The van der Waals surface area contributed by atoms with Crippen LogP contribution in [0, 0.1) is 5.92 Å². The summed E-state index contributed by atoms with van der Waals surface area (Å²) in [7, 11) is 0. The average molecular weight is 231 g/mol. The molecule has 0 aliphatic heterocycles. The van der Waals surface area contributed by atoms with E-state index >= 15 is 0 Å². The van der Waals surface area contributed by atoms with Gasteiger partial charge in [0.05, 0.1) is 10.0 Å². The van der Waals surface area contributed by atoms with Crippen molar-refractivity contribution in [3.8, 4) is 0 Å². The lowest BCUT2D eigenvalue weighted by Crippen LogP contribution is -2.12. The van der Waals surface area contributed by atoms with Crippen LogP contribution in [0.2, 0.25) is 10.0 Å². The lowest BCUT2D eigenvalue weighted by Gasteiger charge is -2.14. The molecule has 0 aromatic carbocycles. The highest BCUT2D eigenvalue weighted by Gasteiger charge is 2.26. The van der Waals surface area contributed by atoms with Crippen molar-refractivity contribution in [2.24, 2.45) is 11.7 Å². The number of nitrogens with zero attached hydrogens (tertiary/aromatic N) is 1. The van der Waals surface area contributed by atoms with Crippen molar-refractivity contribution in [2.75, 3.05) is 0 Å². The molecule has 0 bridgehead atoms. The van der Waals surface area contributed by atoms with Gasteiger partial charge >= 0.3 is 0 Å². The monoisotopic (exact) mass is 230 g/mol. The Balaban J connectivity index is 2.19. The summed E-state index contributed by atoms with van der Waals surface area (Å²) in [5, 5.41) is 1.15. The summed E-state index contributed by atoms with van der Waals surface area (Å²) in [5.41, 5.74) is 6.88. The number of hydrogen-bond acceptors (Lipinski definition) is 2. The fourth-order valence-corrected chi connectivity index (χ4v) is 2.25. The highest BCUT2D eigenvalue weighted by atomic mass is 35.5. The van der Waals surface area contributed by atoms with Crippen LogP contribution >= 0.6 is 23.2 Å². The van der Waals surface area contributed by atoms with Crippen LogP contribution in [-0.4, -0.2) is 4.98 Å². The Morgan fingerprint density at radius 1 is 1.36 bits per heavy atom. The summed E-state index contributed by atoms with van der Waals surface area (Å²) >= 11 is 12.0. The van der Waals surface area contributed by atoms with Crippen molar-refractivity contribution in [3.05, 3.63) is 28.0 Å². The lowest BCUT2D eigenvalue weighted by atomic mass is 10.0. The Bertz CT molecular complexity index is 317. The number of nitrogens with two attached hydrogens (primary N) is 1. The zero-order valence-corrected chi connectivity index (χ0v) is 9.22. The molecular formula is C10H12Cl2N2. The molecule has 1 saturated carbocycles. The van der Waals surface area contributed by atoms with E-state index in [1.165, 1.54) is 12.8 Å². The molecule has 2 rings (SSSR count). The van der Waals surface area contributed by atoms with Crippen LogP contribution in [0.15, 0.2) is 12.4 Å².